The second-order valence-electron chi connectivity index (χ2n) is 3.81. The maximum atomic E-state index is 11.7. The van der Waals surface area contributed by atoms with Crippen LogP contribution in [0.3, 0.4) is 0 Å². The number of halogens is 3. The Morgan fingerprint density at radius 2 is 1.93 bits per heavy atom. The van der Waals surface area contributed by atoms with Crippen LogP contribution >= 0.6 is 11.8 Å². The first-order valence-electron chi connectivity index (χ1n) is 4.36. The molecule has 0 radical (unpaired) electrons. The van der Waals surface area contributed by atoms with E-state index in [9.17, 15) is 18.0 Å². The average molecular weight is 244 g/mol. The van der Waals surface area contributed by atoms with E-state index in [1.54, 1.807) is 13.8 Å². The molecule has 0 aliphatic carbocycles. The minimum Gasteiger partial charge on any atom is -0.355 e. The lowest BCUT2D eigenvalue weighted by molar-refractivity contribution is -0.121. The van der Waals surface area contributed by atoms with E-state index in [4.69, 9.17) is 5.73 Å². The van der Waals surface area contributed by atoms with Crippen molar-refractivity contribution >= 4 is 17.7 Å². The molecule has 0 aromatic heterocycles. The van der Waals surface area contributed by atoms with Crippen LogP contribution in [0.25, 0.3) is 0 Å². The summed E-state index contributed by atoms with van der Waals surface area (Å²) in [6.07, 6.45) is 0.101. The minimum absolute atomic E-state index is 0.000903. The van der Waals surface area contributed by atoms with E-state index >= 15 is 0 Å². The average Bonchev–Trinajstić information content (AvgIpc) is 1.92. The van der Waals surface area contributed by atoms with Gasteiger partial charge in [-0.15, -0.1) is 0 Å². The van der Waals surface area contributed by atoms with Gasteiger partial charge in [0.1, 0.15) is 0 Å². The number of nitrogens with two attached hydrogens (primary N) is 1. The van der Waals surface area contributed by atoms with Crippen LogP contribution in [0.2, 0.25) is 0 Å². The van der Waals surface area contributed by atoms with Crippen molar-refractivity contribution in [2.24, 2.45) is 5.73 Å². The van der Waals surface area contributed by atoms with E-state index in [0.717, 1.165) is 0 Å². The van der Waals surface area contributed by atoms with Crippen LogP contribution in [0, 0.1) is 0 Å². The molecule has 0 saturated carbocycles. The molecule has 7 heteroatoms. The van der Waals surface area contributed by atoms with Gasteiger partial charge in [0.05, 0.1) is 0 Å². The van der Waals surface area contributed by atoms with Gasteiger partial charge in [-0.2, -0.15) is 13.2 Å². The fourth-order valence-corrected chi connectivity index (χ4v) is 1.27. The Hall–Kier alpha value is -0.430. The van der Waals surface area contributed by atoms with Crippen molar-refractivity contribution in [3.05, 3.63) is 0 Å². The molecule has 0 heterocycles. The number of carbonyl (C=O) groups is 1. The molecule has 1 amide bonds. The zero-order chi connectivity index (χ0) is 12.1. The fourth-order valence-electron chi connectivity index (χ4n) is 0.834. The summed E-state index contributed by atoms with van der Waals surface area (Å²) in [6, 6.07) is 0. The highest BCUT2D eigenvalue weighted by Crippen LogP contribution is 2.29. The van der Waals surface area contributed by atoms with Crippen LogP contribution in [-0.4, -0.2) is 29.3 Å². The largest absolute Gasteiger partial charge is 0.441 e. The molecule has 0 fully saturated rings. The highest BCUT2D eigenvalue weighted by molar-refractivity contribution is 8.00. The van der Waals surface area contributed by atoms with E-state index < -0.39 is 11.0 Å². The number of hydrogen-bond acceptors (Lipinski definition) is 3. The molecule has 3 N–H and O–H groups in total. The van der Waals surface area contributed by atoms with E-state index in [2.05, 4.69) is 5.32 Å². The standard InChI is InChI=1S/C8H15F3N2OS/c1-7(2,12)5-6(14)13-3-4-15-8(9,10)11/h3-5,12H2,1-2H3,(H,13,14). The van der Waals surface area contributed by atoms with Crippen molar-refractivity contribution in [3.63, 3.8) is 0 Å². The summed E-state index contributed by atoms with van der Waals surface area (Å²) in [4.78, 5) is 11.1. The van der Waals surface area contributed by atoms with Crippen LogP contribution in [0.5, 0.6) is 0 Å². The summed E-state index contributed by atoms with van der Waals surface area (Å²) in [5, 5.41) is 2.37. The molecule has 0 atom stereocenters. The molecule has 90 valence electrons. The van der Waals surface area contributed by atoms with E-state index in [1.807, 2.05) is 0 Å². The lowest BCUT2D eigenvalue weighted by Crippen LogP contribution is -2.39. The zero-order valence-electron chi connectivity index (χ0n) is 8.65. The summed E-state index contributed by atoms with van der Waals surface area (Å²) in [7, 11) is 0. The van der Waals surface area contributed by atoms with Gasteiger partial charge in [0.25, 0.3) is 0 Å². The van der Waals surface area contributed by atoms with E-state index in [-0.39, 0.29) is 36.4 Å². The summed E-state index contributed by atoms with van der Waals surface area (Å²) in [5.74, 6) is -0.509. The number of carbonyl (C=O) groups excluding carboxylic acids is 1. The highest BCUT2D eigenvalue weighted by atomic mass is 32.2. The van der Waals surface area contributed by atoms with E-state index in [0.29, 0.717) is 0 Å². The van der Waals surface area contributed by atoms with Crippen molar-refractivity contribution in [2.45, 2.75) is 31.3 Å². The molecule has 15 heavy (non-hydrogen) atoms. The third kappa shape index (κ3) is 11.5. The molecular weight excluding hydrogens is 229 g/mol. The number of hydrogen-bond donors (Lipinski definition) is 2. The van der Waals surface area contributed by atoms with Gasteiger partial charge in [-0.3, -0.25) is 4.79 Å². The van der Waals surface area contributed by atoms with Crippen molar-refractivity contribution in [1.29, 1.82) is 0 Å². The Morgan fingerprint density at radius 1 is 1.40 bits per heavy atom. The van der Waals surface area contributed by atoms with Crippen LogP contribution in [0.1, 0.15) is 20.3 Å². The molecule has 0 aliphatic rings. The second kappa shape index (κ2) is 5.60. The van der Waals surface area contributed by atoms with Crippen LogP contribution in [0.15, 0.2) is 0 Å². The Kier molecular flexibility index (Phi) is 5.44. The first kappa shape index (κ1) is 14.6. The zero-order valence-corrected chi connectivity index (χ0v) is 9.47. The van der Waals surface area contributed by atoms with Gasteiger partial charge in [0.15, 0.2) is 0 Å². The maximum Gasteiger partial charge on any atom is 0.441 e. The number of rotatable bonds is 5. The maximum absolute atomic E-state index is 11.7. The first-order valence-corrected chi connectivity index (χ1v) is 5.35. The van der Waals surface area contributed by atoms with Crippen LogP contribution in [0.4, 0.5) is 13.2 Å². The Labute approximate surface area is 91.0 Å². The Bertz CT molecular complexity index is 213. The molecule has 0 aliphatic heterocycles. The fraction of sp³-hybridized carbons (Fsp3) is 0.875. The van der Waals surface area contributed by atoms with Gasteiger partial charge in [0.2, 0.25) is 5.91 Å². The van der Waals surface area contributed by atoms with Gasteiger partial charge in [0, 0.05) is 24.3 Å². The molecule has 0 spiro atoms. The summed E-state index contributed by atoms with van der Waals surface area (Å²) in [6.45, 7) is 3.35. The van der Waals surface area contributed by atoms with Gasteiger partial charge in [-0.25, -0.2) is 0 Å². The molecule has 0 aromatic rings. The molecule has 0 rings (SSSR count). The quantitative estimate of drug-likeness (QED) is 0.720. The minimum atomic E-state index is -4.24. The number of thioether (sulfide) groups is 1. The molecular formula is C8H15F3N2OS. The smallest absolute Gasteiger partial charge is 0.355 e. The molecule has 0 aromatic carbocycles. The van der Waals surface area contributed by atoms with Gasteiger partial charge in [-0.05, 0) is 25.6 Å². The molecule has 3 nitrogen and oxygen atoms in total. The van der Waals surface area contributed by atoms with E-state index in [1.165, 1.54) is 0 Å². The van der Waals surface area contributed by atoms with Crippen molar-refractivity contribution in [2.75, 3.05) is 12.3 Å². The third-order valence-corrected chi connectivity index (χ3v) is 2.04. The van der Waals surface area contributed by atoms with Crippen LogP contribution < -0.4 is 11.1 Å². The monoisotopic (exact) mass is 244 g/mol. The molecule has 0 unspecified atom stereocenters. The SMILES string of the molecule is CC(C)(N)CC(=O)NCCSC(F)(F)F. The van der Waals surface area contributed by atoms with Gasteiger partial charge in [-0.1, -0.05) is 0 Å². The lowest BCUT2D eigenvalue weighted by Gasteiger charge is -2.17. The van der Waals surface area contributed by atoms with Crippen LogP contribution in [-0.2, 0) is 4.79 Å². The third-order valence-electron chi connectivity index (χ3n) is 1.31. The summed E-state index contributed by atoms with van der Waals surface area (Å²) in [5.41, 5.74) is 0.688. The normalized spacial score (nSPS) is 12.7. The number of alkyl halides is 3. The number of nitrogens with one attached hydrogen (secondary N) is 1. The number of amides is 1. The Morgan fingerprint density at radius 3 is 2.33 bits per heavy atom. The Balaban J connectivity index is 3.57. The van der Waals surface area contributed by atoms with Gasteiger partial charge >= 0.3 is 5.51 Å². The van der Waals surface area contributed by atoms with Crippen molar-refractivity contribution in [1.82, 2.24) is 5.32 Å². The summed E-state index contributed by atoms with van der Waals surface area (Å²) >= 11 is -0.152. The molecule has 0 saturated heterocycles. The lowest BCUT2D eigenvalue weighted by atomic mass is 10.0. The predicted octanol–water partition coefficient (Wildman–Crippen LogP) is 1.48. The predicted molar refractivity (Wildman–Crippen MR) is 54.4 cm³/mol. The summed E-state index contributed by atoms with van der Waals surface area (Å²) < 4.78 is 35.0. The van der Waals surface area contributed by atoms with Gasteiger partial charge < -0.3 is 11.1 Å². The van der Waals surface area contributed by atoms with Crippen molar-refractivity contribution in [3.8, 4) is 0 Å². The second-order valence-corrected chi connectivity index (χ2v) is 4.97. The first-order chi connectivity index (χ1) is 6.60. The van der Waals surface area contributed by atoms with Crippen molar-refractivity contribution < 1.29 is 18.0 Å². The molecule has 0 bridgehead atoms. The topological polar surface area (TPSA) is 55.1 Å². The highest BCUT2D eigenvalue weighted by Gasteiger charge is 2.27.